The molecule has 0 radical (unpaired) electrons. The molecule has 2 bridgehead atoms. The number of carbonyl (C=O) groups excluding carboxylic acids is 1. The van der Waals surface area contributed by atoms with E-state index >= 15 is 0 Å². The van der Waals surface area contributed by atoms with Crippen LogP contribution in [0, 0.1) is 5.92 Å². The number of benzene rings is 1. The Morgan fingerprint density at radius 2 is 1.93 bits per heavy atom. The molecule has 0 aromatic heterocycles. The van der Waals surface area contributed by atoms with Gasteiger partial charge in [0.05, 0.1) is 5.41 Å². The second kappa shape index (κ2) is 8.96. The summed E-state index contributed by atoms with van der Waals surface area (Å²) < 4.78 is 6.26. The van der Waals surface area contributed by atoms with Crippen LogP contribution in [0.25, 0.3) is 0 Å². The van der Waals surface area contributed by atoms with Crippen molar-refractivity contribution in [2.45, 2.75) is 75.7 Å². The summed E-state index contributed by atoms with van der Waals surface area (Å²) in [4.78, 5) is 16.0. The van der Waals surface area contributed by atoms with E-state index in [0.29, 0.717) is 5.92 Å². The van der Waals surface area contributed by atoms with Crippen LogP contribution in [0.5, 0.6) is 0 Å². The van der Waals surface area contributed by atoms with E-state index in [9.17, 15) is 4.79 Å². The molecule has 1 unspecified atom stereocenters. The molecule has 1 aromatic carbocycles. The van der Waals surface area contributed by atoms with Crippen molar-refractivity contribution in [3.05, 3.63) is 35.4 Å². The summed E-state index contributed by atoms with van der Waals surface area (Å²) in [5.74, 6) is 0.613. The average Bonchev–Trinajstić information content (AvgIpc) is 2.75. The van der Waals surface area contributed by atoms with E-state index in [1.165, 1.54) is 43.5 Å². The van der Waals surface area contributed by atoms with E-state index in [1.807, 2.05) is 0 Å². The second-order valence-electron chi connectivity index (χ2n) is 9.17. The minimum atomic E-state index is -0.436. The zero-order chi connectivity index (χ0) is 19.4. The van der Waals surface area contributed by atoms with Gasteiger partial charge >= 0.3 is 5.97 Å². The van der Waals surface area contributed by atoms with E-state index in [4.69, 9.17) is 10.5 Å². The number of aryl methyl sites for hydroxylation is 1. The molecule has 1 saturated carbocycles. The number of ether oxygens (including phenoxy) is 1. The Balaban J connectivity index is 1.53. The van der Waals surface area contributed by atoms with Crippen molar-refractivity contribution in [1.82, 2.24) is 4.90 Å². The van der Waals surface area contributed by atoms with Gasteiger partial charge in [-0.3, -0.25) is 9.69 Å². The molecule has 3 saturated heterocycles. The lowest BCUT2D eigenvalue weighted by molar-refractivity contribution is -0.167. The number of carbonyl (C=O) groups is 1. The fraction of sp³-hybridized carbons (Fsp3) is 0.708. The summed E-state index contributed by atoms with van der Waals surface area (Å²) in [7, 11) is 0. The van der Waals surface area contributed by atoms with Crippen molar-refractivity contribution >= 4 is 5.97 Å². The topological polar surface area (TPSA) is 55.6 Å². The van der Waals surface area contributed by atoms with Crippen LogP contribution in [0.3, 0.4) is 0 Å². The van der Waals surface area contributed by atoms with Gasteiger partial charge in [0, 0.05) is 6.54 Å². The molecule has 1 atom stereocenters. The van der Waals surface area contributed by atoms with E-state index in [0.717, 1.165) is 58.0 Å². The zero-order valence-electron chi connectivity index (χ0n) is 17.2. The van der Waals surface area contributed by atoms with E-state index in [1.54, 1.807) is 0 Å². The number of hydrogen-bond donors (Lipinski definition) is 1. The largest absolute Gasteiger partial charge is 0.460 e. The quantitative estimate of drug-likeness (QED) is 0.574. The number of nitrogens with zero attached hydrogens (tertiary/aromatic N) is 1. The summed E-state index contributed by atoms with van der Waals surface area (Å²) >= 11 is 0. The van der Waals surface area contributed by atoms with Crippen molar-refractivity contribution in [2.75, 3.05) is 26.2 Å². The number of rotatable bonds is 7. The number of hydrogen-bond acceptors (Lipinski definition) is 4. The van der Waals surface area contributed by atoms with Crippen molar-refractivity contribution in [2.24, 2.45) is 11.7 Å². The molecule has 4 heteroatoms. The number of esters is 1. The molecular formula is C24H36N2O2. The monoisotopic (exact) mass is 384 g/mol. The molecule has 3 aliphatic heterocycles. The zero-order valence-corrected chi connectivity index (χ0v) is 17.2. The fourth-order valence-corrected chi connectivity index (χ4v) is 5.56. The van der Waals surface area contributed by atoms with Crippen LogP contribution in [-0.4, -0.2) is 43.2 Å². The third-order valence-corrected chi connectivity index (χ3v) is 7.35. The highest BCUT2D eigenvalue weighted by Crippen LogP contribution is 2.42. The average molecular weight is 385 g/mol. The second-order valence-corrected chi connectivity index (χ2v) is 9.17. The number of unbranched alkanes of at least 4 members (excludes halogenated alkanes) is 1. The maximum atomic E-state index is 13.6. The first-order chi connectivity index (χ1) is 13.7. The van der Waals surface area contributed by atoms with Gasteiger partial charge in [-0.2, -0.15) is 0 Å². The van der Waals surface area contributed by atoms with Crippen LogP contribution in [0.15, 0.2) is 24.3 Å². The van der Waals surface area contributed by atoms with Crippen LogP contribution in [-0.2, 0) is 21.4 Å². The summed E-state index contributed by atoms with van der Waals surface area (Å²) in [6.07, 6.45) is 11.0. The molecule has 5 rings (SSSR count). The van der Waals surface area contributed by atoms with Gasteiger partial charge in [-0.1, -0.05) is 43.5 Å². The maximum Gasteiger partial charge on any atom is 0.316 e. The standard InChI is InChI=1S/C24H36N2O2/c25-14-5-2-7-19-8-6-9-21(17-19)24(12-3-1-4-13-24)23(27)28-22-18-26-15-10-20(22)11-16-26/h6,8-9,17,20,22H,1-5,7,10-16,18,25H2. The maximum absolute atomic E-state index is 13.6. The summed E-state index contributed by atoms with van der Waals surface area (Å²) in [6.45, 7) is 4.03. The molecule has 4 nitrogen and oxygen atoms in total. The number of fused-ring (bicyclic) bond motifs is 3. The molecule has 28 heavy (non-hydrogen) atoms. The molecule has 0 amide bonds. The number of piperidine rings is 3. The van der Waals surface area contributed by atoms with Crippen LogP contribution < -0.4 is 5.73 Å². The minimum Gasteiger partial charge on any atom is -0.460 e. The Labute approximate surface area is 169 Å². The van der Waals surface area contributed by atoms with Crippen LogP contribution >= 0.6 is 0 Å². The molecule has 4 fully saturated rings. The van der Waals surface area contributed by atoms with Gasteiger partial charge in [0.15, 0.2) is 0 Å². The summed E-state index contributed by atoms with van der Waals surface area (Å²) in [6, 6.07) is 8.76. The van der Waals surface area contributed by atoms with Gasteiger partial charge in [0.25, 0.3) is 0 Å². The van der Waals surface area contributed by atoms with E-state index in [-0.39, 0.29) is 12.1 Å². The SMILES string of the molecule is NCCCCc1cccc(C2(C(=O)OC3CN4CCC3CC4)CCCCC2)c1. The summed E-state index contributed by atoms with van der Waals surface area (Å²) in [5, 5.41) is 0. The van der Waals surface area contributed by atoms with E-state index < -0.39 is 5.41 Å². The Morgan fingerprint density at radius 3 is 2.61 bits per heavy atom. The number of nitrogens with two attached hydrogens (primary N) is 1. The lowest BCUT2D eigenvalue weighted by Crippen LogP contribution is -2.53. The molecule has 2 N–H and O–H groups in total. The molecule has 0 spiro atoms. The van der Waals surface area contributed by atoms with Crippen molar-refractivity contribution in [3.8, 4) is 0 Å². The van der Waals surface area contributed by atoms with E-state index in [2.05, 4.69) is 29.2 Å². The molecule has 1 aliphatic carbocycles. The Hall–Kier alpha value is -1.39. The lowest BCUT2D eigenvalue weighted by Gasteiger charge is -2.45. The van der Waals surface area contributed by atoms with Crippen molar-refractivity contribution in [1.29, 1.82) is 0 Å². The van der Waals surface area contributed by atoms with Gasteiger partial charge in [-0.15, -0.1) is 0 Å². The fourth-order valence-electron chi connectivity index (χ4n) is 5.56. The highest BCUT2D eigenvalue weighted by atomic mass is 16.5. The first kappa shape index (κ1) is 19.9. The third-order valence-electron chi connectivity index (χ3n) is 7.35. The molecule has 3 heterocycles. The Morgan fingerprint density at radius 1 is 1.14 bits per heavy atom. The van der Waals surface area contributed by atoms with Crippen LogP contribution in [0.2, 0.25) is 0 Å². The van der Waals surface area contributed by atoms with Crippen LogP contribution in [0.4, 0.5) is 0 Å². The predicted octanol–water partition coefficient (Wildman–Crippen LogP) is 3.81. The highest BCUT2D eigenvalue weighted by molar-refractivity contribution is 5.83. The molecule has 154 valence electrons. The highest BCUT2D eigenvalue weighted by Gasteiger charge is 2.45. The normalized spacial score (nSPS) is 28.8. The minimum absolute atomic E-state index is 0.0464. The first-order valence-corrected chi connectivity index (χ1v) is 11.4. The smallest absolute Gasteiger partial charge is 0.316 e. The molecule has 4 aliphatic rings. The first-order valence-electron chi connectivity index (χ1n) is 11.4. The van der Waals surface area contributed by atoms with Crippen molar-refractivity contribution < 1.29 is 9.53 Å². The Bertz CT molecular complexity index is 660. The predicted molar refractivity (Wildman–Crippen MR) is 112 cm³/mol. The molecule has 1 aromatic rings. The van der Waals surface area contributed by atoms with Gasteiger partial charge < -0.3 is 10.5 Å². The van der Waals surface area contributed by atoms with Gasteiger partial charge in [0.2, 0.25) is 0 Å². The van der Waals surface area contributed by atoms with Crippen LogP contribution in [0.1, 0.15) is 68.9 Å². The van der Waals surface area contributed by atoms with Gasteiger partial charge in [-0.25, -0.2) is 0 Å². The Kier molecular flexibility index (Phi) is 6.37. The van der Waals surface area contributed by atoms with Gasteiger partial charge in [-0.05, 0) is 81.6 Å². The summed E-state index contributed by atoms with van der Waals surface area (Å²) in [5.41, 5.74) is 7.72. The molecular weight excluding hydrogens is 348 g/mol. The lowest BCUT2D eigenvalue weighted by atomic mass is 9.69. The third kappa shape index (κ3) is 4.13. The van der Waals surface area contributed by atoms with Gasteiger partial charge in [0.1, 0.15) is 6.10 Å². The van der Waals surface area contributed by atoms with Crippen molar-refractivity contribution in [3.63, 3.8) is 0 Å².